The van der Waals surface area contributed by atoms with E-state index in [1.54, 1.807) is 0 Å². The Morgan fingerprint density at radius 3 is 2.52 bits per heavy atom. The highest BCUT2D eigenvalue weighted by Crippen LogP contribution is 2.38. The van der Waals surface area contributed by atoms with E-state index in [2.05, 4.69) is 32.7 Å². The van der Waals surface area contributed by atoms with Crippen molar-refractivity contribution in [1.29, 1.82) is 0 Å². The average Bonchev–Trinajstić information content (AvgIpc) is 2.92. The maximum absolute atomic E-state index is 13.2. The number of carbonyl (C=O) groups is 1. The monoisotopic (exact) mass is 474 g/mol. The maximum Gasteiger partial charge on any atom is 0.325 e. The van der Waals surface area contributed by atoms with E-state index in [1.807, 2.05) is 37.3 Å². The third kappa shape index (κ3) is 5.64. The lowest BCUT2D eigenvalue weighted by atomic mass is 9.96. The van der Waals surface area contributed by atoms with Crippen molar-refractivity contribution in [2.45, 2.75) is 74.0 Å². The molecule has 25 heavy (non-hydrogen) atoms. The van der Waals surface area contributed by atoms with Gasteiger partial charge in [0.1, 0.15) is 6.10 Å². The summed E-state index contributed by atoms with van der Waals surface area (Å²) < 4.78 is 19.8. The molecule has 0 saturated carbocycles. The Labute approximate surface area is 167 Å². The van der Waals surface area contributed by atoms with Crippen LogP contribution in [0.2, 0.25) is 0 Å². The van der Waals surface area contributed by atoms with Gasteiger partial charge in [-0.05, 0) is 42.4 Å². The third-order valence-corrected chi connectivity index (χ3v) is 7.11. The molecule has 1 fully saturated rings. The van der Waals surface area contributed by atoms with Gasteiger partial charge in [0.05, 0.1) is 10.8 Å². The summed E-state index contributed by atoms with van der Waals surface area (Å²) in [6.07, 6.45) is 9.93. The molecular formula is C20H27IO3S. The fourth-order valence-corrected chi connectivity index (χ4v) is 5.49. The number of rotatable bonds is 10. The number of carbonyl (C=O) groups excluding carboxylic acids is 1. The number of hydrogen-bond donors (Lipinski definition) is 0. The van der Waals surface area contributed by atoms with Gasteiger partial charge in [0, 0.05) is 11.3 Å². The van der Waals surface area contributed by atoms with E-state index < -0.39 is 15.5 Å². The molecule has 1 aromatic rings. The Kier molecular flexibility index (Phi) is 8.62. The topological polar surface area (TPSA) is 43.4 Å². The highest BCUT2D eigenvalue weighted by molar-refractivity contribution is 14.1. The van der Waals surface area contributed by atoms with Crippen LogP contribution in [0.5, 0.6) is 0 Å². The van der Waals surface area contributed by atoms with Crippen molar-refractivity contribution in [3.8, 4) is 0 Å². The van der Waals surface area contributed by atoms with Gasteiger partial charge in [0.2, 0.25) is 0 Å². The molecule has 5 heteroatoms. The van der Waals surface area contributed by atoms with Crippen molar-refractivity contribution in [2.75, 3.05) is 0 Å². The zero-order valence-electron chi connectivity index (χ0n) is 14.8. The number of esters is 1. The molecule has 0 bridgehead atoms. The lowest BCUT2D eigenvalue weighted by Gasteiger charge is -2.24. The molecule has 1 aliphatic rings. The third-order valence-electron chi connectivity index (χ3n) is 4.65. The number of cyclic esters (lactones) is 1. The predicted molar refractivity (Wildman–Crippen MR) is 111 cm³/mol. The van der Waals surface area contributed by atoms with Crippen LogP contribution in [0, 0.1) is 0 Å². The number of ether oxygens (including phenoxy) is 1. The van der Waals surface area contributed by atoms with E-state index in [4.69, 9.17) is 4.74 Å². The van der Waals surface area contributed by atoms with Crippen molar-refractivity contribution >= 4 is 39.4 Å². The first-order valence-electron chi connectivity index (χ1n) is 9.03. The predicted octanol–water partition coefficient (Wildman–Crippen LogP) is 5.55. The average molecular weight is 474 g/mol. The normalized spacial score (nSPS) is 24.6. The molecule has 1 saturated heterocycles. The van der Waals surface area contributed by atoms with Crippen LogP contribution in [0.3, 0.4) is 0 Å². The number of unbranched alkanes of at least 4 members (excludes halogenated alkanes) is 5. The molecule has 2 rings (SSSR count). The molecule has 0 amide bonds. The Morgan fingerprint density at radius 2 is 1.88 bits per heavy atom. The summed E-state index contributed by atoms with van der Waals surface area (Å²) in [4.78, 5) is 13.3. The van der Waals surface area contributed by atoms with Gasteiger partial charge < -0.3 is 4.74 Å². The first-order chi connectivity index (χ1) is 12.1. The van der Waals surface area contributed by atoms with Gasteiger partial charge >= 0.3 is 5.97 Å². The number of halogens is 1. The van der Waals surface area contributed by atoms with Crippen molar-refractivity contribution in [3.63, 3.8) is 0 Å². The fraction of sp³-hybridized carbons (Fsp3) is 0.550. The van der Waals surface area contributed by atoms with Crippen LogP contribution in [-0.2, 0) is 20.3 Å². The second-order valence-corrected chi connectivity index (χ2v) is 9.17. The zero-order chi connectivity index (χ0) is 18.1. The van der Waals surface area contributed by atoms with Gasteiger partial charge in [0.15, 0.2) is 4.75 Å². The Balaban J connectivity index is 1.93. The summed E-state index contributed by atoms with van der Waals surface area (Å²) in [6, 6.07) is 9.32. The van der Waals surface area contributed by atoms with Crippen LogP contribution in [-0.4, -0.2) is 21.0 Å². The summed E-state index contributed by atoms with van der Waals surface area (Å²) in [7, 11) is -1.36. The molecule has 3 atom stereocenters. The minimum absolute atomic E-state index is 0.153. The van der Waals surface area contributed by atoms with Gasteiger partial charge in [-0.25, -0.2) is 0 Å². The first-order valence-corrected chi connectivity index (χ1v) is 11.4. The molecule has 0 N–H and O–H groups in total. The summed E-state index contributed by atoms with van der Waals surface area (Å²) >= 11 is 2.25. The van der Waals surface area contributed by atoms with Crippen molar-refractivity contribution in [1.82, 2.24) is 0 Å². The van der Waals surface area contributed by atoms with Crippen LogP contribution in [0.15, 0.2) is 45.4 Å². The summed E-state index contributed by atoms with van der Waals surface area (Å²) in [5.41, 5.74) is 0. The lowest BCUT2D eigenvalue weighted by molar-refractivity contribution is -0.142. The van der Waals surface area contributed by atoms with Gasteiger partial charge in [-0.3, -0.25) is 9.00 Å². The molecule has 3 nitrogen and oxygen atoms in total. The van der Waals surface area contributed by atoms with Crippen molar-refractivity contribution < 1.29 is 13.7 Å². The molecular weight excluding hydrogens is 447 g/mol. The summed E-state index contributed by atoms with van der Waals surface area (Å²) in [5, 5.41) is 0. The zero-order valence-corrected chi connectivity index (χ0v) is 17.8. The largest absolute Gasteiger partial charge is 0.461 e. The van der Waals surface area contributed by atoms with E-state index >= 15 is 0 Å². The standard InChI is InChI=1S/C20H27IO3S/c1-17-16-20(19(22)24-17,25(23)18-12-8-7-9-13-18)14-10-5-3-2-4-6-11-15-21/h7-9,11-13,15,17H,2-6,10,14,16H2,1H3/b15-11+/t17-,20?,25?/m0/s1. The minimum Gasteiger partial charge on any atom is -0.461 e. The van der Waals surface area contributed by atoms with Crippen LogP contribution < -0.4 is 0 Å². The van der Waals surface area contributed by atoms with Crippen LogP contribution in [0.25, 0.3) is 0 Å². The SMILES string of the molecule is C[C@H]1CC(CCCCCCC/C=C/I)(S(=O)c2ccccc2)C(=O)O1. The first kappa shape index (κ1) is 20.6. The van der Waals surface area contributed by atoms with Gasteiger partial charge in [-0.2, -0.15) is 0 Å². The van der Waals surface area contributed by atoms with Crippen molar-refractivity contribution in [3.05, 3.63) is 40.5 Å². The Hall–Kier alpha value is -0.690. The highest BCUT2D eigenvalue weighted by atomic mass is 127. The smallest absolute Gasteiger partial charge is 0.325 e. The van der Waals surface area contributed by atoms with E-state index in [0.29, 0.717) is 12.8 Å². The van der Waals surface area contributed by atoms with Crippen molar-refractivity contribution in [2.24, 2.45) is 0 Å². The van der Waals surface area contributed by atoms with E-state index in [-0.39, 0.29) is 12.1 Å². The molecule has 138 valence electrons. The van der Waals surface area contributed by atoms with E-state index in [9.17, 15) is 9.00 Å². The summed E-state index contributed by atoms with van der Waals surface area (Å²) in [5.74, 6) is -0.283. The maximum atomic E-state index is 13.2. The second-order valence-electron chi connectivity index (χ2n) is 6.66. The Bertz CT molecular complexity index is 602. The highest BCUT2D eigenvalue weighted by Gasteiger charge is 2.52. The van der Waals surface area contributed by atoms with E-state index in [1.165, 1.54) is 12.8 Å². The molecule has 0 aliphatic carbocycles. The molecule has 0 radical (unpaired) electrons. The van der Waals surface area contributed by atoms with E-state index in [0.717, 1.165) is 30.6 Å². The molecule has 2 unspecified atom stereocenters. The Morgan fingerprint density at radius 1 is 1.20 bits per heavy atom. The minimum atomic E-state index is -1.36. The number of hydrogen-bond acceptors (Lipinski definition) is 3. The fourth-order valence-electron chi connectivity index (χ4n) is 3.36. The molecule has 1 aliphatic heterocycles. The quantitative estimate of drug-likeness (QED) is 0.254. The number of allylic oxidation sites excluding steroid dienone is 1. The molecule has 1 heterocycles. The molecule has 1 aromatic carbocycles. The number of benzene rings is 1. The molecule has 0 aromatic heterocycles. The van der Waals surface area contributed by atoms with Gasteiger partial charge in [-0.15, -0.1) is 0 Å². The summed E-state index contributed by atoms with van der Waals surface area (Å²) in [6.45, 7) is 1.89. The second kappa shape index (κ2) is 10.5. The van der Waals surface area contributed by atoms with Crippen LogP contribution in [0.4, 0.5) is 0 Å². The van der Waals surface area contributed by atoms with Gasteiger partial charge in [0.25, 0.3) is 0 Å². The van der Waals surface area contributed by atoms with Crippen LogP contribution >= 0.6 is 22.6 Å². The molecule has 0 spiro atoms. The van der Waals surface area contributed by atoms with Crippen LogP contribution in [0.1, 0.15) is 58.3 Å². The lowest BCUT2D eigenvalue weighted by Crippen LogP contribution is -2.39. The van der Waals surface area contributed by atoms with Gasteiger partial charge in [-0.1, -0.05) is 72.5 Å².